The van der Waals surface area contributed by atoms with Crippen LogP contribution < -0.4 is 0 Å². The SMILES string of the molecule is Cc1cc(C(=O)N2CCN(C(=O)c3cccc4c3CCC4)CC2)c(C)o1. The van der Waals surface area contributed by atoms with Crippen molar-refractivity contribution in [2.24, 2.45) is 0 Å². The van der Waals surface area contributed by atoms with E-state index in [4.69, 9.17) is 4.42 Å². The first-order valence-electron chi connectivity index (χ1n) is 9.31. The molecule has 0 N–H and O–H groups in total. The lowest BCUT2D eigenvalue weighted by Crippen LogP contribution is -2.50. The molecule has 5 heteroatoms. The number of amides is 2. The van der Waals surface area contributed by atoms with Crippen LogP contribution in [0.25, 0.3) is 0 Å². The third kappa shape index (κ3) is 2.91. The molecule has 0 saturated carbocycles. The fourth-order valence-corrected chi connectivity index (χ4v) is 4.12. The molecular formula is C21H24N2O3. The van der Waals surface area contributed by atoms with Gasteiger partial charge in [-0.3, -0.25) is 9.59 Å². The first kappa shape index (κ1) is 16.9. The van der Waals surface area contributed by atoms with Gasteiger partial charge in [-0.1, -0.05) is 12.1 Å². The average Bonchev–Trinajstić information content (AvgIpc) is 3.26. The van der Waals surface area contributed by atoms with E-state index in [1.165, 1.54) is 11.1 Å². The van der Waals surface area contributed by atoms with Crippen LogP contribution in [0.5, 0.6) is 0 Å². The molecule has 1 saturated heterocycles. The van der Waals surface area contributed by atoms with Crippen LogP contribution in [-0.4, -0.2) is 47.8 Å². The predicted molar refractivity (Wildman–Crippen MR) is 98.5 cm³/mol. The summed E-state index contributed by atoms with van der Waals surface area (Å²) >= 11 is 0. The molecule has 0 atom stereocenters. The number of carbonyl (C=O) groups excluding carboxylic acids is 2. The molecule has 2 aliphatic rings. The summed E-state index contributed by atoms with van der Waals surface area (Å²) in [6.07, 6.45) is 3.20. The van der Waals surface area contributed by atoms with E-state index in [1.54, 1.807) is 6.07 Å². The molecule has 2 aromatic rings. The summed E-state index contributed by atoms with van der Waals surface area (Å²) in [4.78, 5) is 29.4. The summed E-state index contributed by atoms with van der Waals surface area (Å²) in [5.41, 5.74) is 4.01. The number of rotatable bonds is 2. The number of furan rings is 1. The van der Waals surface area contributed by atoms with Crippen molar-refractivity contribution in [1.29, 1.82) is 0 Å². The molecule has 1 aromatic heterocycles. The smallest absolute Gasteiger partial charge is 0.257 e. The molecule has 0 radical (unpaired) electrons. The Balaban J connectivity index is 1.44. The zero-order valence-electron chi connectivity index (χ0n) is 15.4. The van der Waals surface area contributed by atoms with Gasteiger partial charge in [0.25, 0.3) is 11.8 Å². The summed E-state index contributed by atoms with van der Waals surface area (Å²) < 4.78 is 5.47. The minimum Gasteiger partial charge on any atom is -0.466 e. The number of hydrogen-bond donors (Lipinski definition) is 0. The Morgan fingerprint density at radius 3 is 2.19 bits per heavy atom. The molecule has 26 heavy (non-hydrogen) atoms. The summed E-state index contributed by atoms with van der Waals surface area (Å²) in [5.74, 6) is 1.50. The first-order valence-corrected chi connectivity index (χ1v) is 9.31. The van der Waals surface area contributed by atoms with Crippen molar-refractivity contribution in [3.8, 4) is 0 Å². The maximum Gasteiger partial charge on any atom is 0.257 e. The van der Waals surface area contributed by atoms with Gasteiger partial charge < -0.3 is 14.2 Å². The summed E-state index contributed by atoms with van der Waals surface area (Å²) in [6.45, 7) is 5.93. The van der Waals surface area contributed by atoms with E-state index < -0.39 is 0 Å². The van der Waals surface area contributed by atoms with Gasteiger partial charge in [-0.15, -0.1) is 0 Å². The Labute approximate surface area is 153 Å². The Morgan fingerprint density at radius 2 is 1.58 bits per heavy atom. The highest BCUT2D eigenvalue weighted by Gasteiger charge is 2.29. The molecule has 1 aromatic carbocycles. The van der Waals surface area contributed by atoms with Gasteiger partial charge in [0.15, 0.2) is 0 Å². The van der Waals surface area contributed by atoms with Crippen molar-refractivity contribution in [1.82, 2.24) is 9.80 Å². The molecule has 4 rings (SSSR count). The van der Waals surface area contributed by atoms with Gasteiger partial charge in [-0.25, -0.2) is 0 Å². The van der Waals surface area contributed by atoms with E-state index >= 15 is 0 Å². The maximum absolute atomic E-state index is 13.0. The normalized spacial score (nSPS) is 16.7. The lowest BCUT2D eigenvalue weighted by molar-refractivity contribution is 0.0534. The molecule has 2 amide bonds. The fourth-order valence-electron chi connectivity index (χ4n) is 4.12. The van der Waals surface area contributed by atoms with Crippen LogP contribution >= 0.6 is 0 Å². The summed E-state index contributed by atoms with van der Waals surface area (Å²) in [6, 6.07) is 7.86. The molecule has 2 heterocycles. The van der Waals surface area contributed by atoms with Crippen LogP contribution in [0.2, 0.25) is 0 Å². The lowest BCUT2D eigenvalue weighted by atomic mass is 10.0. The third-order valence-corrected chi connectivity index (χ3v) is 5.50. The van der Waals surface area contributed by atoms with E-state index in [0.29, 0.717) is 37.5 Å². The van der Waals surface area contributed by atoms with Gasteiger partial charge in [0, 0.05) is 31.7 Å². The second kappa shape index (κ2) is 6.63. The maximum atomic E-state index is 13.0. The Hall–Kier alpha value is -2.56. The zero-order chi connectivity index (χ0) is 18.3. The van der Waals surface area contributed by atoms with Crippen LogP contribution in [0.3, 0.4) is 0 Å². The van der Waals surface area contributed by atoms with E-state index in [2.05, 4.69) is 6.07 Å². The van der Waals surface area contributed by atoms with Gasteiger partial charge in [0.2, 0.25) is 0 Å². The van der Waals surface area contributed by atoms with Crippen molar-refractivity contribution >= 4 is 11.8 Å². The van der Waals surface area contributed by atoms with Crippen molar-refractivity contribution in [3.63, 3.8) is 0 Å². The minimum absolute atomic E-state index is 0.00736. The van der Waals surface area contributed by atoms with Crippen molar-refractivity contribution in [2.75, 3.05) is 26.2 Å². The molecule has 0 bridgehead atoms. The molecule has 1 aliphatic carbocycles. The highest BCUT2D eigenvalue weighted by atomic mass is 16.3. The monoisotopic (exact) mass is 352 g/mol. The summed E-state index contributed by atoms with van der Waals surface area (Å²) in [7, 11) is 0. The number of benzene rings is 1. The predicted octanol–water partition coefficient (Wildman–Crippen LogP) is 2.98. The molecule has 136 valence electrons. The van der Waals surface area contributed by atoms with Crippen LogP contribution in [0.1, 0.15) is 49.8 Å². The Morgan fingerprint density at radius 1 is 0.923 bits per heavy atom. The molecule has 1 aliphatic heterocycles. The zero-order valence-corrected chi connectivity index (χ0v) is 15.4. The highest BCUT2D eigenvalue weighted by molar-refractivity contribution is 5.97. The third-order valence-electron chi connectivity index (χ3n) is 5.50. The van der Waals surface area contributed by atoms with E-state index in [9.17, 15) is 9.59 Å². The summed E-state index contributed by atoms with van der Waals surface area (Å²) in [5, 5.41) is 0. The number of carbonyl (C=O) groups is 2. The molecule has 0 spiro atoms. The Kier molecular flexibility index (Phi) is 4.31. The highest BCUT2D eigenvalue weighted by Crippen LogP contribution is 2.26. The number of aryl methyl sites for hydroxylation is 3. The lowest BCUT2D eigenvalue weighted by Gasteiger charge is -2.35. The van der Waals surface area contributed by atoms with Gasteiger partial charge in [0.1, 0.15) is 11.5 Å². The number of piperazine rings is 1. The average molecular weight is 352 g/mol. The second-order valence-corrected chi connectivity index (χ2v) is 7.21. The van der Waals surface area contributed by atoms with Crippen LogP contribution in [0, 0.1) is 13.8 Å². The molecule has 1 fully saturated rings. The van der Waals surface area contributed by atoms with E-state index in [0.717, 1.165) is 30.6 Å². The van der Waals surface area contributed by atoms with Crippen molar-refractivity contribution < 1.29 is 14.0 Å². The van der Waals surface area contributed by atoms with Gasteiger partial charge in [-0.2, -0.15) is 0 Å². The molecule has 5 nitrogen and oxygen atoms in total. The standard InChI is InChI=1S/C21H24N2O3/c1-14-13-19(15(2)26-14)21(25)23-11-9-22(10-12-23)20(24)18-8-4-6-16-5-3-7-17(16)18/h4,6,8,13H,3,5,7,9-12H2,1-2H3. The topological polar surface area (TPSA) is 53.8 Å². The number of hydrogen-bond acceptors (Lipinski definition) is 3. The minimum atomic E-state index is -0.00736. The van der Waals surface area contributed by atoms with Crippen LogP contribution in [-0.2, 0) is 12.8 Å². The number of fused-ring (bicyclic) bond motifs is 1. The molecular weight excluding hydrogens is 328 g/mol. The largest absolute Gasteiger partial charge is 0.466 e. The van der Waals surface area contributed by atoms with Gasteiger partial charge in [0.05, 0.1) is 5.56 Å². The van der Waals surface area contributed by atoms with Crippen LogP contribution in [0.4, 0.5) is 0 Å². The van der Waals surface area contributed by atoms with Crippen molar-refractivity contribution in [3.05, 3.63) is 58.0 Å². The molecule has 0 unspecified atom stereocenters. The van der Waals surface area contributed by atoms with E-state index in [-0.39, 0.29) is 11.8 Å². The number of nitrogens with zero attached hydrogens (tertiary/aromatic N) is 2. The fraction of sp³-hybridized carbons (Fsp3) is 0.429. The van der Waals surface area contributed by atoms with Crippen molar-refractivity contribution in [2.45, 2.75) is 33.1 Å². The quantitative estimate of drug-likeness (QED) is 0.835. The second-order valence-electron chi connectivity index (χ2n) is 7.21. The van der Waals surface area contributed by atoms with Crippen LogP contribution in [0.15, 0.2) is 28.7 Å². The van der Waals surface area contributed by atoms with Gasteiger partial charge in [-0.05, 0) is 56.4 Å². The first-order chi connectivity index (χ1) is 12.5. The van der Waals surface area contributed by atoms with E-state index in [1.807, 2.05) is 35.8 Å². The van der Waals surface area contributed by atoms with Gasteiger partial charge >= 0.3 is 0 Å². The Bertz CT molecular complexity index is 860.